The monoisotopic (exact) mass is 289 g/mol. The molecule has 0 aromatic carbocycles. The molecule has 1 amide bonds. The molecule has 1 rings (SSSR count). The van der Waals surface area contributed by atoms with Crippen molar-refractivity contribution in [2.45, 2.75) is 40.0 Å². The van der Waals surface area contributed by atoms with Crippen molar-refractivity contribution in [1.82, 2.24) is 4.90 Å². The maximum atomic E-state index is 11.9. The van der Waals surface area contributed by atoms with Gasteiger partial charge in [-0.2, -0.15) is 0 Å². The number of carbonyl (C=O) groups is 1. The van der Waals surface area contributed by atoms with Crippen molar-refractivity contribution in [2.75, 3.05) is 18.4 Å². The minimum atomic E-state index is 0.362. The Kier molecular flexibility index (Phi) is 5.81. The molecule has 1 heterocycles. The Bertz CT molecular complexity index is 230. The number of alkyl halides is 1. The molecule has 1 fully saturated rings. The topological polar surface area (TPSA) is 20.3 Å². The highest BCUT2D eigenvalue weighted by atomic mass is 79.9. The van der Waals surface area contributed by atoms with Gasteiger partial charge in [0.15, 0.2) is 0 Å². The summed E-state index contributed by atoms with van der Waals surface area (Å²) in [4.78, 5) is 13.9. The van der Waals surface area contributed by atoms with Gasteiger partial charge in [-0.3, -0.25) is 4.79 Å². The maximum absolute atomic E-state index is 11.9. The average molecular weight is 290 g/mol. The van der Waals surface area contributed by atoms with Crippen LogP contribution < -0.4 is 0 Å². The predicted octanol–water partition coefficient (Wildman–Crippen LogP) is 3.30. The van der Waals surface area contributed by atoms with Gasteiger partial charge < -0.3 is 4.90 Å². The van der Waals surface area contributed by atoms with E-state index in [4.69, 9.17) is 0 Å². The summed E-state index contributed by atoms with van der Waals surface area (Å²) in [5.41, 5.74) is 0. The van der Waals surface area contributed by atoms with Crippen molar-refractivity contribution in [3.05, 3.63) is 0 Å². The maximum Gasteiger partial charge on any atom is 0.222 e. The lowest BCUT2D eigenvalue weighted by Crippen LogP contribution is -2.32. The van der Waals surface area contributed by atoms with Crippen molar-refractivity contribution in [2.24, 2.45) is 17.8 Å². The Morgan fingerprint density at radius 1 is 1.50 bits per heavy atom. The van der Waals surface area contributed by atoms with Gasteiger partial charge in [-0.05, 0) is 24.2 Å². The molecule has 0 spiro atoms. The van der Waals surface area contributed by atoms with Crippen LogP contribution in [0.2, 0.25) is 0 Å². The van der Waals surface area contributed by atoms with E-state index in [2.05, 4.69) is 41.6 Å². The first-order valence-electron chi connectivity index (χ1n) is 6.42. The molecule has 0 bridgehead atoms. The molecule has 1 aliphatic rings. The molecule has 2 unspecified atom stereocenters. The Morgan fingerprint density at radius 3 is 2.62 bits per heavy atom. The lowest BCUT2D eigenvalue weighted by atomic mass is 9.95. The van der Waals surface area contributed by atoms with Gasteiger partial charge >= 0.3 is 0 Å². The number of halogens is 1. The lowest BCUT2D eigenvalue weighted by Gasteiger charge is -2.23. The minimum absolute atomic E-state index is 0.362. The van der Waals surface area contributed by atoms with E-state index in [1.54, 1.807) is 0 Å². The molecule has 1 saturated heterocycles. The number of nitrogens with zero attached hydrogens (tertiary/aromatic N) is 1. The third-order valence-electron chi connectivity index (χ3n) is 3.58. The molecule has 94 valence electrons. The second-order valence-electron chi connectivity index (χ2n) is 5.32. The van der Waals surface area contributed by atoms with Crippen LogP contribution in [-0.2, 0) is 4.79 Å². The number of rotatable bonds is 6. The molecule has 3 heteroatoms. The number of amides is 1. The molecule has 16 heavy (non-hydrogen) atoms. The smallest absolute Gasteiger partial charge is 0.222 e. The zero-order valence-corrected chi connectivity index (χ0v) is 12.3. The van der Waals surface area contributed by atoms with Crippen LogP contribution >= 0.6 is 15.9 Å². The van der Waals surface area contributed by atoms with E-state index in [1.165, 1.54) is 12.8 Å². The fourth-order valence-corrected chi connectivity index (χ4v) is 2.89. The largest absolute Gasteiger partial charge is 0.342 e. The molecule has 0 saturated carbocycles. The zero-order chi connectivity index (χ0) is 12.1. The SMILES string of the molecule is CCCC(CBr)CN1CC(C(C)C)CC1=O. The van der Waals surface area contributed by atoms with Crippen molar-refractivity contribution in [1.29, 1.82) is 0 Å². The Balaban J connectivity index is 2.45. The fraction of sp³-hybridized carbons (Fsp3) is 0.923. The number of carbonyl (C=O) groups excluding carboxylic acids is 1. The molecule has 0 aliphatic carbocycles. The van der Waals surface area contributed by atoms with Gasteiger partial charge in [0.1, 0.15) is 0 Å². The van der Waals surface area contributed by atoms with E-state index in [0.29, 0.717) is 23.7 Å². The molecular formula is C13H24BrNO. The molecule has 2 nitrogen and oxygen atoms in total. The predicted molar refractivity (Wildman–Crippen MR) is 71.7 cm³/mol. The number of hydrogen-bond donors (Lipinski definition) is 0. The summed E-state index contributed by atoms with van der Waals surface area (Å²) in [6.07, 6.45) is 3.17. The summed E-state index contributed by atoms with van der Waals surface area (Å²) < 4.78 is 0. The van der Waals surface area contributed by atoms with E-state index in [9.17, 15) is 4.79 Å². The Morgan fingerprint density at radius 2 is 2.19 bits per heavy atom. The molecule has 0 aromatic rings. The fourth-order valence-electron chi connectivity index (χ4n) is 2.36. The van der Waals surface area contributed by atoms with Crippen LogP contribution in [0.3, 0.4) is 0 Å². The van der Waals surface area contributed by atoms with E-state index in [-0.39, 0.29) is 0 Å². The summed E-state index contributed by atoms with van der Waals surface area (Å²) in [5, 5.41) is 1.01. The highest BCUT2D eigenvalue weighted by Crippen LogP contribution is 2.26. The minimum Gasteiger partial charge on any atom is -0.342 e. The first kappa shape index (κ1) is 14.0. The summed E-state index contributed by atoms with van der Waals surface area (Å²) in [7, 11) is 0. The van der Waals surface area contributed by atoms with Crippen molar-refractivity contribution in [3.63, 3.8) is 0 Å². The molecule has 0 aromatic heterocycles. The summed E-state index contributed by atoms with van der Waals surface area (Å²) in [6.45, 7) is 8.56. The quantitative estimate of drug-likeness (QED) is 0.687. The van der Waals surface area contributed by atoms with Gasteiger partial charge in [0.05, 0.1) is 0 Å². The number of likely N-dealkylation sites (tertiary alicyclic amines) is 1. The van der Waals surface area contributed by atoms with Crippen molar-refractivity contribution in [3.8, 4) is 0 Å². The average Bonchev–Trinajstić information content (AvgIpc) is 2.60. The number of hydrogen-bond acceptors (Lipinski definition) is 1. The second kappa shape index (κ2) is 6.63. The summed E-state index contributed by atoms with van der Waals surface area (Å²) in [5.74, 6) is 2.19. The first-order valence-corrected chi connectivity index (χ1v) is 7.54. The molecule has 0 N–H and O–H groups in total. The van der Waals surface area contributed by atoms with Gasteiger partial charge in [0.25, 0.3) is 0 Å². The zero-order valence-electron chi connectivity index (χ0n) is 10.7. The van der Waals surface area contributed by atoms with Crippen LogP contribution in [0.1, 0.15) is 40.0 Å². The van der Waals surface area contributed by atoms with Crippen molar-refractivity contribution >= 4 is 21.8 Å². The van der Waals surface area contributed by atoms with Crippen molar-refractivity contribution < 1.29 is 4.79 Å². The van der Waals surface area contributed by atoms with Crippen LogP contribution in [-0.4, -0.2) is 29.2 Å². The third-order valence-corrected chi connectivity index (χ3v) is 4.50. The van der Waals surface area contributed by atoms with Gasteiger partial charge in [-0.15, -0.1) is 0 Å². The first-order chi connectivity index (χ1) is 7.58. The molecular weight excluding hydrogens is 266 g/mol. The van der Waals surface area contributed by atoms with E-state index in [0.717, 1.165) is 24.8 Å². The summed E-state index contributed by atoms with van der Waals surface area (Å²) in [6, 6.07) is 0. The lowest BCUT2D eigenvalue weighted by molar-refractivity contribution is -0.128. The van der Waals surface area contributed by atoms with Gasteiger partial charge in [-0.1, -0.05) is 43.1 Å². The van der Waals surface area contributed by atoms with Gasteiger partial charge in [0.2, 0.25) is 5.91 Å². The van der Waals surface area contributed by atoms with Crippen LogP contribution in [0, 0.1) is 17.8 Å². The van der Waals surface area contributed by atoms with Gasteiger partial charge in [0, 0.05) is 24.8 Å². The molecule has 0 radical (unpaired) electrons. The normalized spacial score (nSPS) is 23.2. The van der Waals surface area contributed by atoms with Crippen LogP contribution in [0.4, 0.5) is 0 Å². The molecule has 2 atom stereocenters. The van der Waals surface area contributed by atoms with Crippen LogP contribution in [0.5, 0.6) is 0 Å². The van der Waals surface area contributed by atoms with Crippen LogP contribution in [0.15, 0.2) is 0 Å². The highest BCUT2D eigenvalue weighted by Gasteiger charge is 2.32. The second-order valence-corrected chi connectivity index (χ2v) is 5.96. The van der Waals surface area contributed by atoms with E-state index in [1.807, 2.05) is 0 Å². The standard InChI is InChI=1S/C13H24BrNO/c1-4-5-11(7-14)8-15-9-12(10(2)3)6-13(15)16/h10-12H,4-9H2,1-3H3. The Hall–Kier alpha value is -0.0500. The summed E-state index contributed by atoms with van der Waals surface area (Å²) >= 11 is 3.55. The van der Waals surface area contributed by atoms with Crippen LogP contribution in [0.25, 0.3) is 0 Å². The molecule has 1 aliphatic heterocycles. The highest BCUT2D eigenvalue weighted by molar-refractivity contribution is 9.09. The van der Waals surface area contributed by atoms with E-state index >= 15 is 0 Å². The van der Waals surface area contributed by atoms with E-state index < -0.39 is 0 Å². The van der Waals surface area contributed by atoms with Gasteiger partial charge in [-0.25, -0.2) is 0 Å². The third kappa shape index (κ3) is 3.76. The Labute approximate surface area is 108 Å².